The van der Waals surface area contributed by atoms with Crippen LogP contribution in [0.1, 0.15) is 21.7 Å². The van der Waals surface area contributed by atoms with Gasteiger partial charge < -0.3 is 19.6 Å². The van der Waals surface area contributed by atoms with Crippen LogP contribution in [0.25, 0.3) is 0 Å². The number of aromatic carboxylic acids is 1. The van der Waals surface area contributed by atoms with Crippen LogP contribution in [0.4, 0.5) is 0 Å². The van der Waals surface area contributed by atoms with Gasteiger partial charge in [0.05, 0.1) is 18.4 Å². The van der Waals surface area contributed by atoms with Crippen molar-refractivity contribution in [3.8, 4) is 5.75 Å². The molecule has 2 N–H and O–H groups in total. The minimum absolute atomic E-state index is 0.146. The summed E-state index contributed by atoms with van der Waals surface area (Å²) in [6.07, 6.45) is 1.53. The lowest BCUT2D eigenvalue weighted by molar-refractivity contribution is -0.123. The molecule has 0 fully saturated rings. The number of rotatable bonds is 6. The first kappa shape index (κ1) is 14.6. The molecular weight excluding hydrogens is 274 g/mol. The maximum absolute atomic E-state index is 11.6. The summed E-state index contributed by atoms with van der Waals surface area (Å²) in [5.74, 6) is -0.169. The molecule has 0 saturated heterocycles. The van der Waals surface area contributed by atoms with E-state index in [-0.39, 0.29) is 18.1 Å². The zero-order chi connectivity index (χ0) is 15.2. The second-order valence-corrected chi connectivity index (χ2v) is 4.43. The minimum atomic E-state index is -0.991. The number of ether oxygens (including phenoxy) is 1. The number of hydrogen-bond donors (Lipinski definition) is 2. The first-order chi connectivity index (χ1) is 10.1. The number of amides is 1. The average Bonchev–Trinajstić information content (AvgIpc) is 2.95. The summed E-state index contributed by atoms with van der Waals surface area (Å²) in [6, 6.07) is 8.06. The van der Waals surface area contributed by atoms with Crippen molar-refractivity contribution in [1.82, 2.24) is 5.32 Å². The fourth-order valence-electron chi connectivity index (χ4n) is 1.76. The fraction of sp³-hybridized carbons (Fsp3) is 0.200. The van der Waals surface area contributed by atoms with E-state index >= 15 is 0 Å². The quantitative estimate of drug-likeness (QED) is 0.848. The third-order valence-corrected chi connectivity index (χ3v) is 2.84. The number of carboxylic acid groups (broad SMARTS) is 1. The monoisotopic (exact) mass is 289 g/mol. The van der Waals surface area contributed by atoms with E-state index in [0.717, 1.165) is 0 Å². The Morgan fingerprint density at radius 3 is 2.76 bits per heavy atom. The highest BCUT2D eigenvalue weighted by Gasteiger charge is 2.09. The third kappa shape index (κ3) is 4.10. The van der Waals surface area contributed by atoms with Crippen LogP contribution in [0, 0.1) is 6.92 Å². The number of benzene rings is 1. The van der Waals surface area contributed by atoms with Gasteiger partial charge in [-0.1, -0.05) is 0 Å². The van der Waals surface area contributed by atoms with Crippen molar-refractivity contribution in [2.24, 2.45) is 0 Å². The zero-order valence-corrected chi connectivity index (χ0v) is 11.5. The van der Waals surface area contributed by atoms with E-state index in [2.05, 4.69) is 5.32 Å². The molecule has 110 valence electrons. The van der Waals surface area contributed by atoms with Crippen molar-refractivity contribution < 1.29 is 23.8 Å². The van der Waals surface area contributed by atoms with E-state index in [9.17, 15) is 9.59 Å². The van der Waals surface area contributed by atoms with Crippen LogP contribution in [0.15, 0.2) is 41.0 Å². The summed E-state index contributed by atoms with van der Waals surface area (Å²) >= 11 is 0. The predicted octanol–water partition coefficient (Wildman–Crippen LogP) is 1.98. The van der Waals surface area contributed by atoms with Gasteiger partial charge in [-0.15, -0.1) is 0 Å². The largest absolute Gasteiger partial charge is 0.484 e. The molecule has 6 nitrogen and oxygen atoms in total. The number of carboxylic acids is 1. The number of nitrogens with one attached hydrogen (secondary N) is 1. The topological polar surface area (TPSA) is 88.8 Å². The Bertz CT molecular complexity index is 634. The van der Waals surface area contributed by atoms with Gasteiger partial charge in [0, 0.05) is 0 Å². The van der Waals surface area contributed by atoms with Crippen LogP contribution in [0.5, 0.6) is 5.75 Å². The molecule has 0 unspecified atom stereocenters. The number of furan rings is 1. The third-order valence-electron chi connectivity index (χ3n) is 2.84. The van der Waals surface area contributed by atoms with Gasteiger partial charge in [-0.2, -0.15) is 0 Å². The molecule has 0 bridgehead atoms. The van der Waals surface area contributed by atoms with Crippen molar-refractivity contribution in [2.45, 2.75) is 13.5 Å². The predicted molar refractivity (Wildman–Crippen MR) is 74.2 cm³/mol. The number of carbonyl (C=O) groups is 2. The van der Waals surface area contributed by atoms with Gasteiger partial charge in [0.15, 0.2) is 6.61 Å². The van der Waals surface area contributed by atoms with Gasteiger partial charge in [-0.25, -0.2) is 4.79 Å². The Morgan fingerprint density at radius 2 is 2.14 bits per heavy atom. The van der Waals surface area contributed by atoms with Crippen molar-refractivity contribution in [1.29, 1.82) is 0 Å². The zero-order valence-electron chi connectivity index (χ0n) is 11.5. The Morgan fingerprint density at radius 1 is 1.33 bits per heavy atom. The Kier molecular flexibility index (Phi) is 4.61. The van der Waals surface area contributed by atoms with E-state index < -0.39 is 5.97 Å². The van der Waals surface area contributed by atoms with Gasteiger partial charge in [0.25, 0.3) is 5.91 Å². The molecule has 0 atom stereocenters. The molecule has 0 aliphatic carbocycles. The Labute approximate surface area is 121 Å². The van der Waals surface area contributed by atoms with Crippen LogP contribution >= 0.6 is 0 Å². The van der Waals surface area contributed by atoms with Crippen LogP contribution in [-0.2, 0) is 11.3 Å². The minimum Gasteiger partial charge on any atom is -0.484 e. The molecule has 0 spiro atoms. The van der Waals surface area contributed by atoms with Gasteiger partial charge in [-0.05, 0) is 42.8 Å². The fourth-order valence-corrected chi connectivity index (χ4v) is 1.76. The van der Waals surface area contributed by atoms with E-state index in [4.69, 9.17) is 14.3 Å². The van der Waals surface area contributed by atoms with E-state index in [1.807, 2.05) is 0 Å². The first-order valence-electron chi connectivity index (χ1n) is 6.32. The van der Waals surface area contributed by atoms with Gasteiger partial charge in [-0.3, -0.25) is 4.79 Å². The van der Waals surface area contributed by atoms with Crippen LogP contribution in [0.3, 0.4) is 0 Å². The SMILES string of the molecule is Cc1cc(OCC(=O)NCc2ccco2)ccc1C(=O)O. The van der Waals surface area contributed by atoms with Crippen molar-refractivity contribution in [3.63, 3.8) is 0 Å². The summed E-state index contributed by atoms with van der Waals surface area (Å²) in [7, 11) is 0. The highest BCUT2D eigenvalue weighted by atomic mass is 16.5. The summed E-state index contributed by atoms with van der Waals surface area (Å²) in [4.78, 5) is 22.5. The normalized spacial score (nSPS) is 10.1. The number of aryl methyl sites for hydroxylation is 1. The molecule has 1 heterocycles. The Balaban J connectivity index is 1.83. The molecule has 0 radical (unpaired) electrons. The molecule has 0 aliphatic rings. The summed E-state index contributed by atoms with van der Waals surface area (Å²) < 4.78 is 10.4. The van der Waals surface area contributed by atoms with Crippen molar-refractivity contribution >= 4 is 11.9 Å². The van der Waals surface area contributed by atoms with Crippen LogP contribution < -0.4 is 10.1 Å². The lowest BCUT2D eigenvalue weighted by Crippen LogP contribution is -2.28. The maximum Gasteiger partial charge on any atom is 0.335 e. The van der Waals surface area contributed by atoms with E-state index in [0.29, 0.717) is 23.6 Å². The van der Waals surface area contributed by atoms with Crippen molar-refractivity contribution in [2.75, 3.05) is 6.61 Å². The maximum atomic E-state index is 11.6. The van der Waals surface area contributed by atoms with Crippen LogP contribution in [-0.4, -0.2) is 23.6 Å². The lowest BCUT2D eigenvalue weighted by atomic mass is 10.1. The first-order valence-corrected chi connectivity index (χ1v) is 6.32. The molecular formula is C15H15NO5. The van der Waals surface area contributed by atoms with Gasteiger partial charge in [0.2, 0.25) is 0 Å². The Hall–Kier alpha value is -2.76. The molecule has 2 aromatic rings. The smallest absolute Gasteiger partial charge is 0.335 e. The highest BCUT2D eigenvalue weighted by Crippen LogP contribution is 2.17. The molecule has 0 saturated carbocycles. The lowest BCUT2D eigenvalue weighted by Gasteiger charge is -2.08. The van der Waals surface area contributed by atoms with E-state index in [1.165, 1.54) is 18.4 Å². The second-order valence-electron chi connectivity index (χ2n) is 4.43. The van der Waals surface area contributed by atoms with E-state index in [1.54, 1.807) is 25.1 Å². The molecule has 1 aromatic heterocycles. The molecule has 2 rings (SSSR count). The highest BCUT2D eigenvalue weighted by molar-refractivity contribution is 5.89. The van der Waals surface area contributed by atoms with Crippen LogP contribution in [0.2, 0.25) is 0 Å². The average molecular weight is 289 g/mol. The molecule has 1 amide bonds. The van der Waals surface area contributed by atoms with Gasteiger partial charge >= 0.3 is 5.97 Å². The number of hydrogen-bond acceptors (Lipinski definition) is 4. The summed E-state index contributed by atoms with van der Waals surface area (Å²) in [5, 5.41) is 11.6. The molecule has 6 heteroatoms. The van der Waals surface area contributed by atoms with Gasteiger partial charge in [0.1, 0.15) is 11.5 Å². The molecule has 21 heavy (non-hydrogen) atoms. The standard InChI is InChI=1S/C15H15NO5/c1-10-7-11(4-5-13(10)15(18)19)21-9-14(17)16-8-12-3-2-6-20-12/h2-7H,8-9H2,1H3,(H,16,17)(H,18,19). The summed E-state index contributed by atoms with van der Waals surface area (Å²) in [5.41, 5.74) is 0.792. The summed E-state index contributed by atoms with van der Waals surface area (Å²) in [6.45, 7) is 1.83. The second kappa shape index (κ2) is 6.60. The number of carbonyl (C=O) groups excluding carboxylic acids is 1. The molecule has 1 aromatic carbocycles. The van der Waals surface area contributed by atoms with Crippen molar-refractivity contribution in [3.05, 3.63) is 53.5 Å². The molecule has 0 aliphatic heterocycles.